The summed E-state index contributed by atoms with van der Waals surface area (Å²) < 4.78 is 38.8. The fourth-order valence-corrected chi connectivity index (χ4v) is 3.04. The van der Waals surface area contributed by atoms with Gasteiger partial charge in [0.2, 0.25) is 5.43 Å². The Morgan fingerprint density at radius 3 is 3.00 bits per heavy atom. The average molecular weight is 355 g/mol. The predicted molar refractivity (Wildman–Crippen MR) is 85.9 cm³/mol. The SMILES string of the molecule is C=C1c2c(OCCC(=O)OC)c(=O)ccn2NC2CC(F)(F)CCN12. The van der Waals surface area contributed by atoms with Crippen molar-refractivity contribution in [2.45, 2.75) is 31.4 Å². The highest BCUT2D eigenvalue weighted by Crippen LogP contribution is 2.38. The van der Waals surface area contributed by atoms with Crippen LogP contribution in [0.1, 0.15) is 25.0 Å². The molecule has 3 rings (SSSR count). The van der Waals surface area contributed by atoms with Crippen LogP contribution in [0.15, 0.2) is 23.6 Å². The Balaban J connectivity index is 1.88. The van der Waals surface area contributed by atoms with Crippen molar-refractivity contribution in [1.29, 1.82) is 0 Å². The second kappa shape index (κ2) is 6.38. The minimum atomic E-state index is -2.75. The molecule has 7 nitrogen and oxygen atoms in total. The number of rotatable bonds is 4. The number of nitrogens with zero attached hydrogens (tertiary/aromatic N) is 2. The molecule has 1 fully saturated rings. The molecule has 136 valence electrons. The average Bonchev–Trinajstić information content (AvgIpc) is 2.55. The zero-order valence-electron chi connectivity index (χ0n) is 13.8. The van der Waals surface area contributed by atoms with E-state index in [0.29, 0.717) is 11.4 Å². The summed E-state index contributed by atoms with van der Waals surface area (Å²) in [5.41, 5.74) is 3.39. The first-order chi connectivity index (χ1) is 11.8. The molecule has 1 saturated heterocycles. The van der Waals surface area contributed by atoms with Gasteiger partial charge in [-0.2, -0.15) is 0 Å². The normalized spacial score (nSPS) is 21.0. The van der Waals surface area contributed by atoms with Crippen molar-refractivity contribution >= 4 is 11.7 Å². The standard InChI is InChI=1S/C16H19F2N3O4/c1-10-14-15(25-8-4-13(23)24-2)11(22)3-6-21(14)19-12-9-16(17,18)5-7-20(10)12/h3,6,12,19H,1,4-5,7-9H2,2H3. The quantitative estimate of drug-likeness (QED) is 0.823. The van der Waals surface area contributed by atoms with Gasteiger partial charge in [0.05, 0.1) is 32.3 Å². The van der Waals surface area contributed by atoms with Crippen LogP contribution in [0.2, 0.25) is 0 Å². The molecule has 2 aliphatic rings. The molecule has 1 aromatic heterocycles. The van der Waals surface area contributed by atoms with Crippen molar-refractivity contribution in [3.05, 3.63) is 34.8 Å². The molecule has 3 heterocycles. The largest absolute Gasteiger partial charge is 0.487 e. The molecule has 1 atom stereocenters. The van der Waals surface area contributed by atoms with Gasteiger partial charge in [0.25, 0.3) is 5.92 Å². The van der Waals surface area contributed by atoms with Gasteiger partial charge in [0.1, 0.15) is 11.9 Å². The minimum absolute atomic E-state index is 0.0112. The van der Waals surface area contributed by atoms with Crippen LogP contribution in [0.25, 0.3) is 5.70 Å². The third-order valence-corrected chi connectivity index (χ3v) is 4.33. The number of pyridine rings is 1. The van der Waals surface area contributed by atoms with Gasteiger partial charge in [0, 0.05) is 25.2 Å². The summed E-state index contributed by atoms with van der Waals surface area (Å²) in [5, 5.41) is 0. The maximum absolute atomic E-state index is 13.7. The Kier molecular flexibility index (Phi) is 4.40. The molecular formula is C16H19F2N3O4. The molecule has 0 bridgehead atoms. The molecule has 0 saturated carbocycles. The molecule has 0 aromatic carbocycles. The highest BCUT2D eigenvalue weighted by molar-refractivity contribution is 5.69. The first kappa shape index (κ1) is 17.2. The molecule has 25 heavy (non-hydrogen) atoms. The number of ether oxygens (including phenoxy) is 2. The molecule has 0 aliphatic carbocycles. The van der Waals surface area contributed by atoms with Crippen LogP contribution < -0.4 is 15.6 Å². The fraction of sp³-hybridized carbons (Fsp3) is 0.500. The molecule has 1 N–H and O–H groups in total. The zero-order valence-corrected chi connectivity index (χ0v) is 13.8. The lowest BCUT2D eigenvalue weighted by atomic mass is 10.0. The van der Waals surface area contributed by atoms with Crippen LogP contribution >= 0.6 is 0 Å². The van der Waals surface area contributed by atoms with E-state index in [-0.39, 0.29) is 43.6 Å². The van der Waals surface area contributed by atoms with Gasteiger partial charge < -0.3 is 19.8 Å². The minimum Gasteiger partial charge on any atom is -0.487 e. The Bertz CT molecular complexity index is 762. The van der Waals surface area contributed by atoms with Gasteiger partial charge >= 0.3 is 5.97 Å². The number of alkyl halides is 2. The molecule has 0 spiro atoms. The number of halogens is 2. The second-order valence-electron chi connectivity index (χ2n) is 6.00. The predicted octanol–water partition coefficient (Wildman–Crippen LogP) is 1.38. The van der Waals surface area contributed by atoms with Crippen LogP contribution in [0.5, 0.6) is 5.75 Å². The van der Waals surface area contributed by atoms with E-state index in [1.54, 1.807) is 4.90 Å². The first-order valence-electron chi connectivity index (χ1n) is 7.88. The van der Waals surface area contributed by atoms with Crippen molar-refractivity contribution in [3.63, 3.8) is 0 Å². The molecule has 0 amide bonds. The number of nitrogens with one attached hydrogen (secondary N) is 1. The highest BCUT2D eigenvalue weighted by atomic mass is 19.3. The van der Waals surface area contributed by atoms with Crippen molar-refractivity contribution in [2.75, 3.05) is 25.7 Å². The number of hydrogen-bond donors (Lipinski definition) is 1. The van der Waals surface area contributed by atoms with Crippen LogP contribution in [0, 0.1) is 0 Å². The number of fused-ring (bicyclic) bond motifs is 2. The molecule has 1 aromatic rings. The van der Waals surface area contributed by atoms with E-state index in [4.69, 9.17) is 4.74 Å². The number of piperidine rings is 1. The van der Waals surface area contributed by atoms with Crippen LogP contribution in [-0.2, 0) is 9.53 Å². The topological polar surface area (TPSA) is 72.8 Å². The smallest absolute Gasteiger partial charge is 0.308 e. The monoisotopic (exact) mass is 355 g/mol. The molecular weight excluding hydrogens is 336 g/mol. The van der Waals surface area contributed by atoms with E-state index >= 15 is 0 Å². The number of carbonyl (C=O) groups excluding carboxylic acids is 1. The van der Waals surface area contributed by atoms with Gasteiger partial charge in [-0.15, -0.1) is 0 Å². The van der Waals surface area contributed by atoms with E-state index in [1.807, 2.05) is 0 Å². The Morgan fingerprint density at radius 1 is 1.52 bits per heavy atom. The number of esters is 1. The maximum atomic E-state index is 13.7. The summed E-state index contributed by atoms with van der Waals surface area (Å²) >= 11 is 0. The summed E-state index contributed by atoms with van der Waals surface area (Å²) in [4.78, 5) is 25.1. The van der Waals surface area contributed by atoms with E-state index in [1.165, 1.54) is 24.0 Å². The van der Waals surface area contributed by atoms with Crippen molar-refractivity contribution in [2.24, 2.45) is 0 Å². The van der Waals surface area contributed by atoms with E-state index < -0.39 is 18.1 Å². The highest BCUT2D eigenvalue weighted by Gasteiger charge is 2.43. The van der Waals surface area contributed by atoms with Gasteiger partial charge in [-0.05, 0) is 0 Å². The number of methoxy groups -OCH3 is 1. The molecule has 1 unspecified atom stereocenters. The summed E-state index contributed by atoms with van der Waals surface area (Å²) in [6.45, 7) is 4.04. The Morgan fingerprint density at radius 2 is 2.28 bits per heavy atom. The lowest BCUT2D eigenvalue weighted by molar-refractivity contribution is -0.141. The van der Waals surface area contributed by atoms with Crippen molar-refractivity contribution in [3.8, 4) is 5.75 Å². The molecule has 2 aliphatic heterocycles. The summed E-state index contributed by atoms with van der Waals surface area (Å²) in [6.07, 6.45) is 0.202. The third-order valence-electron chi connectivity index (χ3n) is 4.33. The molecule has 0 radical (unpaired) electrons. The van der Waals surface area contributed by atoms with E-state index in [2.05, 4.69) is 16.7 Å². The Labute approximate surface area is 142 Å². The van der Waals surface area contributed by atoms with E-state index in [9.17, 15) is 18.4 Å². The summed E-state index contributed by atoms with van der Waals surface area (Å²) in [7, 11) is 1.26. The van der Waals surface area contributed by atoms with Crippen LogP contribution in [-0.4, -0.2) is 47.9 Å². The van der Waals surface area contributed by atoms with Crippen molar-refractivity contribution in [1.82, 2.24) is 9.58 Å². The number of hydrogen-bond acceptors (Lipinski definition) is 6. The Hall–Kier alpha value is -2.58. The third kappa shape index (κ3) is 3.31. The van der Waals surface area contributed by atoms with Gasteiger partial charge in [0.15, 0.2) is 5.75 Å². The van der Waals surface area contributed by atoms with Gasteiger partial charge in [-0.1, -0.05) is 6.58 Å². The number of carbonyl (C=O) groups is 1. The van der Waals surface area contributed by atoms with Crippen LogP contribution in [0.4, 0.5) is 8.78 Å². The molecule has 9 heteroatoms. The van der Waals surface area contributed by atoms with Crippen molar-refractivity contribution < 1.29 is 23.0 Å². The first-order valence-corrected chi connectivity index (χ1v) is 7.88. The second-order valence-corrected chi connectivity index (χ2v) is 6.00. The number of aromatic nitrogens is 1. The maximum Gasteiger partial charge on any atom is 0.308 e. The summed E-state index contributed by atoms with van der Waals surface area (Å²) in [6, 6.07) is 1.27. The summed E-state index contributed by atoms with van der Waals surface area (Å²) in [5.74, 6) is -3.18. The van der Waals surface area contributed by atoms with Crippen LogP contribution in [0.3, 0.4) is 0 Å². The fourth-order valence-electron chi connectivity index (χ4n) is 3.04. The zero-order chi connectivity index (χ0) is 18.2. The van der Waals surface area contributed by atoms with Gasteiger partial charge in [-0.3, -0.25) is 14.3 Å². The van der Waals surface area contributed by atoms with E-state index in [0.717, 1.165) is 0 Å². The van der Waals surface area contributed by atoms with Gasteiger partial charge in [-0.25, -0.2) is 8.78 Å². The lowest BCUT2D eigenvalue weighted by Gasteiger charge is -2.46. The lowest BCUT2D eigenvalue weighted by Crippen LogP contribution is -2.55.